The van der Waals surface area contributed by atoms with Crippen molar-refractivity contribution in [3.05, 3.63) is 23.9 Å². The Kier molecular flexibility index (Phi) is 6.71. The van der Waals surface area contributed by atoms with E-state index in [4.69, 9.17) is 14.7 Å². The van der Waals surface area contributed by atoms with Crippen LogP contribution in [0.1, 0.15) is 43.4 Å². The summed E-state index contributed by atoms with van der Waals surface area (Å²) in [5, 5.41) is 9.30. The summed E-state index contributed by atoms with van der Waals surface area (Å²) in [6.45, 7) is 7.14. The molecule has 3 heterocycles. The molecule has 0 saturated carbocycles. The standard InChI is InChI=1S/C23H32N6O2/c1-3-21(30)29-14-13-28(15-17(29)10-11-24)22-19-8-4-5-9-20(19)25-23(26-22)31-16-18-7-6-12-27(18)2/h3,17-18H,1,4-10,12-16H2,2H3/t17-,18-/m0/s1. The van der Waals surface area contributed by atoms with Crippen LogP contribution in [0.3, 0.4) is 0 Å². The second-order valence-corrected chi connectivity index (χ2v) is 8.75. The molecule has 3 aliphatic rings. The van der Waals surface area contributed by atoms with Gasteiger partial charge < -0.3 is 19.4 Å². The summed E-state index contributed by atoms with van der Waals surface area (Å²) in [7, 11) is 2.14. The van der Waals surface area contributed by atoms with E-state index in [0.29, 0.717) is 44.7 Å². The van der Waals surface area contributed by atoms with Gasteiger partial charge in [0, 0.05) is 31.2 Å². The Morgan fingerprint density at radius 1 is 1.23 bits per heavy atom. The largest absolute Gasteiger partial charge is 0.462 e. The number of aryl methyl sites for hydroxylation is 1. The molecule has 0 unspecified atom stereocenters. The highest BCUT2D eigenvalue weighted by Crippen LogP contribution is 2.31. The highest BCUT2D eigenvalue weighted by atomic mass is 16.5. The second kappa shape index (κ2) is 9.65. The Hall–Kier alpha value is -2.66. The number of amides is 1. The number of ether oxygens (including phenoxy) is 1. The average Bonchev–Trinajstić information content (AvgIpc) is 3.21. The number of fused-ring (bicyclic) bond motifs is 1. The van der Waals surface area contributed by atoms with Crippen molar-refractivity contribution >= 4 is 11.7 Å². The van der Waals surface area contributed by atoms with Crippen molar-refractivity contribution in [2.24, 2.45) is 0 Å². The summed E-state index contributed by atoms with van der Waals surface area (Å²) in [5.41, 5.74) is 2.29. The first-order valence-electron chi connectivity index (χ1n) is 11.4. The van der Waals surface area contributed by atoms with Crippen molar-refractivity contribution in [3.8, 4) is 12.1 Å². The molecule has 1 aromatic rings. The van der Waals surface area contributed by atoms with E-state index < -0.39 is 0 Å². The number of aromatic nitrogens is 2. The minimum absolute atomic E-state index is 0.116. The van der Waals surface area contributed by atoms with Crippen molar-refractivity contribution in [3.63, 3.8) is 0 Å². The Bertz CT molecular complexity index is 866. The predicted molar refractivity (Wildman–Crippen MR) is 118 cm³/mol. The van der Waals surface area contributed by atoms with Crippen molar-refractivity contribution in [2.75, 3.05) is 44.7 Å². The maximum absolute atomic E-state index is 12.2. The highest BCUT2D eigenvalue weighted by Gasteiger charge is 2.32. The number of hydrogen-bond acceptors (Lipinski definition) is 7. The number of piperazine rings is 1. The molecular formula is C23H32N6O2. The number of nitrogens with zero attached hydrogens (tertiary/aromatic N) is 6. The Morgan fingerprint density at radius 3 is 2.81 bits per heavy atom. The van der Waals surface area contributed by atoms with Crippen LogP contribution in [-0.4, -0.2) is 77.6 Å². The van der Waals surface area contributed by atoms with Crippen molar-refractivity contribution < 1.29 is 9.53 Å². The minimum atomic E-state index is -0.171. The van der Waals surface area contributed by atoms with E-state index in [9.17, 15) is 10.1 Å². The van der Waals surface area contributed by atoms with Gasteiger partial charge in [-0.2, -0.15) is 15.2 Å². The molecule has 0 bridgehead atoms. The summed E-state index contributed by atoms with van der Waals surface area (Å²) in [6.07, 6.45) is 8.14. The first kappa shape index (κ1) is 21.6. The number of likely N-dealkylation sites (N-methyl/N-ethyl adjacent to an activating group) is 1. The molecular weight excluding hydrogens is 392 g/mol. The summed E-state index contributed by atoms with van der Waals surface area (Å²) in [5.74, 6) is 0.808. The fourth-order valence-corrected chi connectivity index (χ4v) is 4.97. The fraction of sp³-hybridized carbons (Fsp3) is 0.652. The third-order valence-corrected chi connectivity index (χ3v) is 6.78. The van der Waals surface area contributed by atoms with E-state index in [2.05, 4.69) is 29.5 Å². The SMILES string of the molecule is C=CC(=O)N1CCN(c2nc(OC[C@@H]3CCCN3C)nc3c2CCCC3)C[C@@H]1CC#N. The van der Waals surface area contributed by atoms with Crippen LogP contribution in [-0.2, 0) is 17.6 Å². The molecule has 0 spiro atoms. The molecule has 1 aromatic heterocycles. The number of nitriles is 1. The topological polar surface area (TPSA) is 85.6 Å². The predicted octanol–water partition coefficient (Wildman–Crippen LogP) is 1.95. The van der Waals surface area contributed by atoms with Gasteiger partial charge in [-0.05, 0) is 58.2 Å². The second-order valence-electron chi connectivity index (χ2n) is 8.75. The van der Waals surface area contributed by atoms with Gasteiger partial charge in [0.05, 0.1) is 24.2 Å². The molecule has 2 saturated heterocycles. The van der Waals surface area contributed by atoms with E-state index >= 15 is 0 Å². The van der Waals surface area contributed by atoms with E-state index in [1.807, 2.05) is 0 Å². The van der Waals surface area contributed by atoms with Gasteiger partial charge >= 0.3 is 6.01 Å². The van der Waals surface area contributed by atoms with Gasteiger partial charge in [0.15, 0.2) is 0 Å². The minimum Gasteiger partial charge on any atom is -0.462 e. The number of carbonyl (C=O) groups excluding carboxylic acids is 1. The molecule has 4 rings (SSSR count). The molecule has 8 nitrogen and oxygen atoms in total. The molecule has 166 valence electrons. The quantitative estimate of drug-likeness (QED) is 0.645. The van der Waals surface area contributed by atoms with Gasteiger partial charge in [-0.25, -0.2) is 0 Å². The smallest absolute Gasteiger partial charge is 0.318 e. The van der Waals surface area contributed by atoms with Crippen LogP contribution in [0.5, 0.6) is 6.01 Å². The van der Waals surface area contributed by atoms with Gasteiger partial charge in [-0.3, -0.25) is 4.79 Å². The van der Waals surface area contributed by atoms with Crippen LogP contribution < -0.4 is 9.64 Å². The summed E-state index contributed by atoms with van der Waals surface area (Å²) in [6, 6.07) is 2.93. The first-order valence-corrected chi connectivity index (χ1v) is 11.4. The lowest BCUT2D eigenvalue weighted by Gasteiger charge is -2.41. The summed E-state index contributed by atoms with van der Waals surface area (Å²) < 4.78 is 6.09. The van der Waals surface area contributed by atoms with Crippen LogP contribution in [0, 0.1) is 11.3 Å². The van der Waals surface area contributed by atoms with Crippen LogP contribution in [0.15, 0.2) is 12.7 Å². The molecule has 1 amide bonds. The van der Waals surface area contributed by atoms with Crippen LogP contribution in [0.4, 0.5) is 5.82 Å². The lowest BCUT2D eigenvalue weighted by atomic mass is 9.95. The number of anilines is 1. The van der Waals surface area contributed by atoms with Crippen LogP contribution in [0.25, 0.3) is 0 Å². The van der Waals surface area contributed by atoms with Gasteiger partial charge in [0.1, 0.15) is 12.4 Å². The summed E-state index contributed by atoms with van der Waals surface area (Å²) >= 11 is 0. The van der Waals surface area contributed by atoms with Gasteiger partial charge in [-0.1, -0.05) is 6.58 Å². The van der Waals surface area contributed by atoms with E-state index in [1.54, 1.807) is 4.90 Å². The maximum Gasteiger partial charge on any atom is 0.318 e. The molecule has 31 heavy (non-hydrogen) atoms. The van der Waals surface area contributed by atoms with E-state index in [0.717, 1.165) is 50.2 Å². The van der Waals surface area contributed by atoms with E-state index in [-0.39, 0.29) is 11.9 Å². The number of rotatable bonds is 6. The van der Waals surface area contributed by atoms with Crippen molar-refractivity contribution in [2.45, 2.75) is 57.0 Å². The molecule has 2 fully saturated rings. The Balaban J connectivity index is 1.57. The molecule has 2 atom stereocenters. The number of hydrogen-bond donors (Lipinski definition) is 0. The molecule has 0 radical (unpaired) electrons. The highest BCUT2D eigenvalue weighted by molar-refractivity contribution is 5.87. The normalized spacial score (nSPS) is 23.9. The Labute approximate surface area is 184 Å². The first-order chi connectivity index (χ1) is 15.1. The third-order valence-electron chi connectivity index (χ3n) is 6.78. The van der Waals surface area contributed by atoms with Gasteiger partial charge in [0.25, 0.3) is 0 Å². The third kappa shape index (κ3) is 4.67. The van der Waals surface area contributed by atoms with Gasteiger partial charge in [0.2, 0.25) is 5.91 Å². The van der Waals surface area contributed by atoms with Gasteiger partial charge in [-0.15, -0.1) is 0 Å². The Morgan fingerprint density at radius 2 is 2.06 bits per heavy atom. The molecule has 8 heteroatoms. The van der Waals surface area contributed by atoms with Crippen LogP contribution >= 0.6 is 0 Å². The monoisotopic (exact) mass is 424 g/mol. The molecule has 2 aliphatic heterocycles. The zero-order valence-electron chi connectivity index (χ0n) is 18.4. The van der Waals surface area contributed by atoms with Crippen LogP contribution in [0.2, 0.25) is 0 Å². The maximum atomic E-state index is 12.2. The average molecular weight is 425 g/mol. The number of carbonyl (C=O) groups is 1. The lowest BCUT2D eigenvalue weighted by Crippen LogP contribution is -2.55. The summed E-state index contributed by atoms with van der Waals surface area (Å²) in [4.78, 5) is 28.2. The zero-order chi connectivity index (χ0) is 21.8. The van der Waals surface area contributed by atoms with Crippen molar-refractivity contribution in [1.82, 2.24) is 19.8 Å². The molecule has 0 aromatic carbocycles. The lowest BCUT2D eigenvalue weighted by molar-refractivity contribution is -0.128. The fourth-order valence-electron chi connectivity index (χ4n) is 4.97. The zero-order valence-corrected chi connectivity index (χ0v) is 18.4. The number of likely N-dealkylation sites (tertiary alicyclic amines) is 1. The van der Waals surface area contributed by atoms with E-state index in [1.165, 1.54) is 18.1 Å². The molecule has 0 N–H and O–H groups in total. The molecule has 1 aliphatic carbocycles. The van der Waals surface area contributed by atoms with Crippen molar-refractivity contribution in [1.29, 1.82) is 5.26 Å².